The molecule has 0 radical (unpaired) electrons. The standard InChI is InChI=1S/C19H32N2O5S2/c1-4-6-7-8-14(18(25)26-5-2)20-13(3)16(22)21-12-19(27-9-10-28-19)11-15(21)17(23)24/h13-15,20H,4-12H2,1-3H3,(H,23,24)/t13-,14-,15-/m0/s1. The second kappa shape index (κ2) is 10.7. The van der Waals surface area contributed by atoms with Gasteiger partial charge < -0.3 is 14.7 Å². The summed E-state index contributed by atoms with van der Waals surface area (Å²) in [4.78, 5) is 38.6. The molecule has 28 heavy (non-hydrogen) atoms. The summed E-state index contributed by atoms with van der Waals surface area (Å²) < 4.78 is 4.94. The van der Waals surface area contributed by atoms with Crippen molar-refractivity contribution in [1.29, 1.82) is 0 Å². The molecule has 160 valence electrons. The number of amides is 1. The van der Waals surface area contributed by atoms with E-state index in [1.165, 1.54) is 4.90 Å². The van der Waals surface area contributed by atoms with Crippen LogP contribution in [0.15, 0.2) is 0 Å². The van der Waals surface area contributed by atoms with Crippen LogP contribution < -0.4 is 5.32 Å². The lowest BCUT2D eigenvalue weighted by Gasteiger charge is -2.28. The average molecular weight is 433 g/mol. The molecule has 2 aliphatic heterocycles. The van der Waals surface area contributed by atoms with Gasteiger partial charge in [0.1, 0.15) is 12.1 Å². The summed E-state index contributed by atoms with van der Waals surface area (Å²) in [6.45, 7) is 6.27. The van der Waals surface area contributed by atoms with Gasteiger partial charge in [0.05, 0.1) is 16.7 Å². The summed E-state index contributed by atoms with van der Waals surface area (Å²) in [5, 5.41) is 12.7. The van der Waals surface area contributed by atoms with Gasteiger partial charge in [-0.15, -0.1) is 23.5 Å². The summed E-state index contributed by atoms with van der Waals surface area (Å²) >= 11 is 3.51. The lowest BCUT2D eigenvalue weighted by Crippen LogP contribution is -2.53. The van der Waals surface area contributed by atoms with Crippen molar-refractivity contribution < 1.29 is 24.2 Å². The lowest BCUT2D eigenvalue weighted by molar-refractivity contribution is -0.150. The van der Waals surface area contributed by atoms with Crippen LogP contribution in [0.1, 0.15) is 52.9 Å². The van der Waals surface area contributed by atoms with Crippen molar-refractivity contribution in [3.63, 3.8) is 0 Å². The Kier molecular flexibility index (Phi) is 8.95. The highest BCUT2D eigenvalue weighted by Gasteiger charge is 2.52. The number of nitrogens with one attached hydrogen (secondary N) is 1. The van der Waals surface area contributed by atoms with Crippen LogP contribution in [0.2, 0.25) is 0 Å². The predicted molar refractivity (Wildman–Crippen MR) is 113 cm³/mol. The second-order valence-electron chi connectivity index (χ2n) is 7.32. The molecule has 1 spiro atoms. The zero-order valence-electron chi connectivity index (χ0n) is 16.9. The zero-order valence-corrected chi connectivity index (χ0v) is 18.6. The van der Waals surface area contributed by atoms with Crippen LogP contribution in [0, 0.1) is 0 Å². The van der Waals surface area contributed by atoms with Crippen molar-refractivity contribution in [1.82, 2.24) is 10.2 Å². The van der Waals surface area contributed by atoms with E-state index >= 15 is 0 Å². The number of carboxylic acids is 1. The van der Waals surface area contributed by atoms with Gasteiger partial charge in [0, 0.05) is 24.5 Å². The minimum absolute atomic E-state index is 0.208. The topological polar surface area (TPSA) is 95.9 Å². The Bertz CT molecular complexity index is 569. The third-order valence-corrected chi connectivity index (χ3v) is 8.59. The first-order chi connectivity index (χ1) is 13.3. The van der Waals surface area contributed by atoms with E-state index in [9.17, 15) is 19.5 Å². The quantitative estimate of drug-likeness (QED) is 0.401. The van der Waals surface area contributed by atoms with Crippen LogP contribution in [0.4, 0.5) is 0 Å². The van der Waals surface area contributed by atoms with Gasteiger partial charge in [0.25, 0.3) is 0 Å². The fourth-order valence-corrected chi connectivity index (χ4v) is 6.99. The molecule has 0 saturated carbocycles. The van der Waals surface area contributed by atoms with Gasteiger partial charge in [-0.05, 0) is 20.3 Å². The maximum Gasteiger partial charge on any atom is 0.326 e. The minimum Gasteiger partial charge on any atom is -0.480 e. The number of ether oxygens (including phenoxy) is 1. The van der Waals surface area contributed by atoms with E-state index < -0.39 is 24.1 Å². The number of carbonyl (C=O) groups is 3. The molecule has 2 heterocycles. The van der Waals surface area contributed by atoms with Gasteiger partial charge in [-0.3, -0.25) is 14.9 Å². The molecule has 1 amide bonds. The molecule has 2 aliphatic rings. The molecule has 2 N–H and O–H groups in total. The SMILES string of the molecule is CCCCC[C@H](N[C@@H](C)C(=O)N1CC2(C[C@H]1C(=O)O)SCCS2)C(=O)OCC. The largest absolute Gasteiger partial charge is 0.480 e. The van der Waals surface area contributed by atoms with Gasteiger partial charge >= 0.3 is 11.9 Å². The van der Waals surface area contributed by atoms with Crippen molar-refractivity contribution in [3.8, 4) is 0 Å². The highest BCUT2D eigenvalue weighted by molar-refractivity contribution is 8.21. The van der Waals surface area contributed by atoms with Crippen LogP contribution in [-0.4, -0.2) is 74.7 Å². The van der Waals surface area contributed by atoms with Crippen molar-refractivity contribution in [2.75, 3.05) is 24.7 Å². The number of rotatable bonds is 10. The molecule has 2 saturated heterocycles. The Morgan fingerprint density at radius 2 is 1.93 bits per heavy atom. The Labute approximate surface area is 175 Å². The molecule has 0 aromatic heterocycles. The molecule has 0 bridgehead atoms. The van der Waals surface area contributed by atoms with E-state index in [-0.39, 0.29) is 22.6 Å². The zero-order chi connectivity index (χ0) is 20.7. The van der Waals surface area contributed by atoms with E-state index in [1.54, 1.807) is 37.4 Å². The van der Waals surface area contributed by atoms with Crippen LogP contribution in [-0.2, 0) is 19.1 Å². The molecule has 2 fully saturated rings. The highest BCUT2D eigenvalue weighted by atomic mass is 32.2. The lowest BCUT2D eigenvalue weighted by atomic mass is 10.1. The minimum atomic E-state index is -0.963. The van der Waals surface area contributed by atoms with E-state index in [4.69, 9.17) is 4.74 Å². The van der Waals surface area contributed by atoms with Crippen molar-refractivity contribution in [2.45, 2.75) is 75.1 Å². The Morgan fingerprint density at radius 3 is 2.50 bits per heavy atom. The molecule has 3 atom stereocenters. The van der Waals surface area contributed by atoms with Crippen molar-refractivity contribution >= 4 is 41.4 Å². The number of hydrogen-bond acceptors (Lipinski definition) is 7. The first kappa shape index (κ1) is 23.3. The first-order valence-corrected chi connectivity index (χ1v) is 12.0. The molecule has 0 aliphatic carbocycles. The van der Waals surface area contributed by atoms with Crippen molar-refractivity contribution in [3.05, 3.63) is 0 Å². The van der Waals surface area contributed by atoms with Crippen LogP contribution in [0.3, 0.4) is 0 Å². The molecule has 9 heteroatoms. The number of aliphatic carboxylic acids is 1. The number of thioether (sulfide) groups is 2. The van der Waals surface area contributed by atoms with Gasteiger partial charge in [-0.2, -0.15) is 0 Å². The second-order valence-corrected chi connectivity index (χ2v) is 10.5. The molecular weight excluding hydrogens is 400 g/mol. The van der Waals surface area contributed by atoms with Gasteiger partial charge in [-0.25, -0.2) is 4.79 Å². The smallest absolute Gasteiger partial charge is 0.326 e. The summed E-state index contributed by atoms with van der Waals surface area (Å²) in [6, 6.07) is -2.01. The van der Waals surface area contributed by atoms with Gasteiger partial charge in [0.15, 0.2) is 0 Å². The molecule has 0 aromatic carbocycles. The third kappa shape index (κ3) is 5.79. The fourth-order valence-electron chi connectivity index (χ4n) is 3.73. The van der Waals surface area contributed by atoms with E-state index in [2.05, 4.69) is 12.2 Å². The van der Waals surface area contributed by atoms with Crippen LogP contribution >= 0.6 is 23.5 Å². The number of carboxylic acid groups (broad SMARTS) is 1. The average Bonchev–Trinajstić information content (AvgIpc) is 3.28. The molecule has 2 rings (SSSR count). The molecule has 7 nitrogen and oxygen atoms in total. The van der Waals surface area contributed by atoms with E-state index in [0.717, 1.165) is 30.8 Å². The normalized spacial score (nSPS) is 23.0. The molecule has 0 unspecified atom stereocenters. The number of likely N-dealkylation sites (tertiary alicyclic amines) is 1. The van der Waals surface area contributed by atoms with E-state index in [0.29, 0.717) is 19.4 Å². The summed E-state index contributed by atoms with van der Waals surface area (Å²) in [5.41, 5.74) is 0. The van der Waals surface area contributed by atoms with Crippen molar-refractivity contribution in [2.24, 2.45) is 0 Å². The summed E-state index contributed by atoms with van der Waals surface area (Å²) in [7, 11) is 0. The number of unbranched alkanes of at least 4 members (excludes halogenated alkanes) is 2. The molecular formula is C19H32N2O5S2. The van der Waals surface area contributed by atoms with Crippen LogP contribution in [0.25, 0.3) is 0 Å². The van der Waals surface area contributed by atoms with E-state index in [1.807, 2.05) is 0 Å². The fraction of sp³-hybridized carbons (Fsp3) is 0.842. The molecule has 0 aromatic rings. The third-order valence-electron chi connectivity index (χ3n) is 5.16. The first-order valence-electron chi connectivity index (χ1n) is 10.1. The van der Waals surface area contributed by atoms with Crippen LogP contribution in [0.5, 0.6) is 0 Å². The predicted octanol–water partition coefficient (Wildman–Crippen LogP) is 2.34. The number of esters is 1. The maximum atomic E-state index is 13.1. The highest BCUT2D eigenvalue weighted by Crippen LogP contribution is 2.51. The van der Waals surface area contributed by atoms with Gasteiger partial charge in [-0.1, -0.05) is 26.2 Å². The number of carbonyl (C=O) groups excluding carboxylic acids is 2. The monoisotopic (exact) mass is 432 g/mol. The maximum absolute atomic E-state index is 13.1. The Morgan fingerprint density at radius 1 is 1.25 bits per heavy atom. The summed E-state index contributed by atoms with van der Waals surface area (Å²) in [6.07, 6.45) is 3.97. The Balaban J connectivity index is 2.05. The summed E-state index contributed by atoms with van der Waals surface area (Å²) in [5.74, 6) is 0.384. The Hall–Kier alpha value is -0.930. The number of nitrogens with zero attached hydrogens (tertiary/aromatic N) is 1. The number of hydrogen-bond donors (Lipinski definition) is 2. The van der Waals surface area contributed by atoms with Gasteiger partial charge in [0.2, 0.25) is 5.91 Å².